The number of carbonyl (C=O) groups excluding carboxylic acids is 1. The second-order valence-electron chi connectivity index (χ2n) is 7.78. The number of nitrogens with one attached hydrogen (secondary N) is 1. The first-order chi connectivity index (χ1) is 14.8. The number of benzene rings is 2. The Morgan fingerprint density at radius 3 is 2.55 bits per heavy atom. The molecule has 31 heavy (non-hydrogen) atoms. The molecule has 1 atom stereocenters. The Morgan fingerprint density at radius 2 is 1.81 bits per heavy atom. The molecule has 1 unspecified atom stereocenters. The van der Waals surface area contributed by atoms with Gasteiger partial charge in [0.2, 0.25) is 5.88 Å². The van der Waals surface area contributed by atoms with Crippen LogP contribution in [-0.2, 0) is 11.8 Å². The predicted octanol–water partition coefficient (Wildman–Crippen LogP) is 4.97. The lowest BCUT2D eigenvalue weighted by molar-refractivity contribution is -0.122. The van der Waals surface area contributed by atoms with Gasteiger partial charge in [-0.25, -0.2) is 0 Å². The van der Waals surface area contributed by atoms with Gasteiger partial charge in [0.25, 0.3) is 5.91 Å². The van der Waals surface area contributed by atoms with E-state index in [9.17, 15) is 4.79 Å². The average Bonchev–Trinajstić information content (AvgIpc) is 3.05. The molecule has 0 aliphatic heterocycles. The molecule has 0 saturated heterocycles. The van der Waals surface area contributed by atoms with Gasteiger partial charge in [-0.15, -0.1) is 0 Å². The molecule has 0 saturated carbocycles. The van der Waals surface area contributed by atoms with E-state index in [0.717, 1.165) is 44.7 Å². The standard InChI is InChI=1S/C25H26N4O2/c1-15-10-9-13-21(16(15)2)26-25(30)18(4)31-22-14-20(19-11-7-6-8-12-19)23-17(3)28-29(5)24(23)27-22/h6-14,18H,1-5H3,(H,26,30). The Bertz CT molecular complexity index is 1260. The molecule has 0 radical (unpaired) electrons. The third-order valence-electron chi connectivity index (χ3n) is 5.56. The van der Waals surface area contributed by atoms with Gasteiger partial charge in [0, 0.05) is 18.8 Å². The number of hydrogen-bond donors (Lipinski definition) is 1. The summed E-state index contributed by atoms with van der Waals surface area (Å²) < 4.78 is 7.73. The van der Waals surface area contributed by atoms with Crippen LogP contribution in [0.2, 0.25) is 0 Å². The molecule has 2 aromatic heterocycles. The van der Waals surface area contributed by atoms with Crippen molar-refractivity contribution in [2.75, 3.05) is 5.32 Å². The number of pyridine rings is 1. The number of rotatable bonds is 5. The predicted molar refractivity (Wildman–Crippen MR) is 123 cm³/mol. The van der Waals surface area contributed by atoms with Crippen molar-refractivity contribution in [3.63, 3.8) is 0 Å². The SMILES string of the molecule is Cc1cccc(NC(=O)C(C)Oc2cc(-c3ccccc3)c3c(C)nn(C)c3n2)c1C. The normalized spacial score (nSPS) is 12.0. The lowest BCUT2D eigenvalue weighted by Gasteiger charge is -2.17. The highest BCUT2D eigenvalue weighted by Gasteiger charge is 2.20. The van der Waals surface area contributed by atoms with E-state index in [1.165, 1.54) is 0 Å². The second kappa shape index (κ2) is 8.22. The van der Waals surface area contributed by atoms with E-state index in [2.05, 4.69) is 15.4 Å². The topological polar surface area (TPSA) is 69.0 Å². The lowest BCUT2D eigenvalue weighted by Crippen LogP contribution is -2.30. The summed E-state index contributed by atoms with van der Waals surface area (Å²) in [6.07, 6.45) is -0.720. The van der Waals surface area contributed by atoms with Crippen molar-refractivity contribution in [2.24, 2.45) is 7.05 Å². The molecular weight excluding hydrogens is 388 g/mol. The average molecular weight is 415 g/mol. The summed E-state index contributed by atoms with van der Waals surface area (Å²) in [4.78, 5) is 17.4. The molecule has 2 heterocycles. The van der Waals surface area contributed by atoms with Crippen LogP contribution in [0.5, 0.6) is 5.88 Å². The largest absolute Gasteiger partial charge is 0.464 e. The quantitative estimate of drug-likeness (QED) is 0.501. The maximum absolute atomic E-state index is 12.8. The third kappa shape index (κ3) is 4.01. The third-order valence-corrected chi connectivity index (χ3v) is 5.56. The molecule has 158 valence electrons. The first-order valence-electron chi connectivity index (χ1n) is 10.3. The molecular formula is C25H26N4O2. The highest BCUT2D eigenvalue weighted by Crippen LogP contribution is 2.33. The zero-order valence-corrected chi connectivity index (χ0v) is 18.4. The van der Waals surface area contributed by atoms with Gasteiger partial charge in [0.1, 0.15) is 0 Å². The highest BCUT2D eigenvalue weighted by molar-refractivity contribution is 5.96. The first-order valence-corrected chi connectivity index (χ1v) is 10.3. The molecule has 1 amide bonds. The van der Waals surface area contributed by atoms with Crippen LogP contribution in [0.1, 0.15) is 23.7 Å². The Labute approximate surface area is 181 Å². The van der Waals surface area contributed by atoms with Gasteiger partial charge in [-0.3, -0.25) is 9.48 Å². The highest BCUT2D eigenvalue weighted by atomic mass is 16.5. The number of hydrogen-bond acceptors (Lipinski definition) is 4. The zero-order valence-electron chi connectivity index (χ0n) is 18.4. The summed E-state index contributed by atoms with van der Waals surface area (Å²) in [5.41, 5.74) is 6.59. The zero-order chi connectivity index (χ0) is 22.1. The van der Waals surface area contributed by atoms with Gasteiger partial charge in [-0.1, -0.05) is 42.5 Å². The van der Waals surface area contributed by atoms with Crippen LogP contribution in [0.3, 0.4) is 0 Å². The Hall–Kier alpha value is -3.67. The van der Waals surface area contributed by atoms with E-state index >= 15 is 0 Å². The fourth-order valence-electron chi connectivity index (χ4n) is 3.68. The van der Waals surface area contributed by atoms with Crippen LogP contribution >= 0.6 is 0 Å². The number of ether oxygens (including phenoxy) is 1. The van der Waals surface area contributed by atoms with Crippen molar-refractivity contribution in [1.82, 2.24) is 14.8 Å². The molecule has 2 aromatic carbocycles. The molecule has 4 rings (SSSR count). The van der Waals surface area contributed by atoms with Crippen LogP contribution < -0.4 is 10.1 Å². The minimum atomic E-state index is -0.720. The van der Waals surface area contributed by atoms with Gasteiger partial charge in [0.15, 0.2) is 11.8 Å². The molecule has 6 nitrogen and oxygen atoms in total. The molecule has 0 aliphatic carbocycles. The Kier molecular flexibility index (Phi) is 5.46. The number of carbonyl (C=O) groups is 1. The first kappa shape index (κ1) is 20.6. The van der Waals surface area contributed by atoms with Gasteiger partial charge in [-0.05, 0) is 56.0 Å². The summed E-state index contributed by atoms with van der Waals surface area (Å²) in [7, 11) is 1.86. The monoisotopic (exact) mass is 414 g/mol. The van der Waals surface area contributed by atoms with Gasteiger partial charge < -0.3 is 10.1 Å². The second-order valence-corrected chi connectivity index (χ2v) is 7.78. The molecule has 4 aromatic rings. The van der Waals surface area contributed by atoms with Crippen molar-refractivity contribution >= 4 is 22.6 Å². The summed E-state index contributed by atoms with van der Waals surface area (Å²) >= 11 is 0. The van der Waals surface area contributed by atoms with Crippen LogP contribution in [-0.4, -0.2) is 26.8 Å². The number of amides is 1. The minimum Gasteiger partial charge on any atom is -0.464 e. The summed E-state index contributed by atoms with van der Waals surface area (Å²) in [5.74, 6) is 0.163. The molecule has 1 N–H and O–H groups in total. The maximum atomic E-state index is 12.8. The van der Waals surface area contributed by atoms with E-state index in [1.54, 1.807) is 11.6 Å². The van der Waals surface area contributed by atoms with Crippen molar-refractivity contribution in [3.05, 3.63) is 71.4 Å². The number of fused-ring (bicyclic) bond motifs is 1. The van der Waals surface area contributed by atoms with E-state index in [1.807, 2.05) is 82.4 Å². The van der Waals surface area contributed by atoms with Crippen LogP contribution in [0.15, 0.2) is 54.6 Å². The van der Waals surface area contributed by atoms with Crippen LogP contribution in [0, 0.1) is 20.8 Å². The summed E-state index contributed by atoms with van der Waals surface area (Å²) in [5, 5.41) is 8.47. The number of aromatic nitrogens is 3. The van der Waals surface area contributed by atoms with Gasteiger partial charge >= 0.3 is 0 Å². The number of aryl methyl sites for hydroxylation is 3. The number of nitrogens with zero attached hydrogens (tertiary/aromatic N) is 3. The van der Waals surface area contributed by atoms with Crippen LogP contribution in [0.25, 0.3) is 22.2 Å². The fraction of sp³-hybridized carbons (Fsp3) is 0.240. The Balaban J connectivity index is 1.66. The smallest absolute Gasteiger partial charge is 0.265 e. The van der Waals surface area contributed by atoms with Crippen LogP contribution in [0.4, 0.5) is 5.69 Å². The fourth-order valence-corrected chi connectivity index (χ4v) is 3.68. The molecule has 0 aliphatic rings. The summed E-state index contributed by atoms with van der Waals surface area (Å²) in [6, 6.07) is 17.8. The summed E-state index contributed by atoms with van der Waals surface area (Å²) in [6.45, 7) is 7.70. The van der Waals surface area contributed by atoms with E-state index in [-0.39, 0.29) is 5.91 Å². The lowest BCUT2D eigenvalue weighted by atomic mass is 10.0. The number of anilines is 1. The van der Waals surface area contributed by atoms with Gasteiger partial charge in [-0.2, -0.15) is 10.1 Å². The van der Waals surface area contributed by atoms with Gasteiger partial charge in [0.05, 0.1) is 11.1 Å². The maximum Gasteiger partial charge on any atom is 0.265 e. The Morgan fingerprint density at radius 1 is 1.06 bits per heavy atom. The molecule has 0 spiro atoms. The molecule has 0 fully saturated rings. The molecule has 0 bridgehead atoms. The molecule has 6 heteroatoms. The van der Waals surface area contributed by atoms with Crippen molar-refractivity contribution in [3.8, 4) is 17.0 Å². The van der Waals surface area contributed by atoms with Crippen molar-refractivity contribution < 1.29 is 9.53 Å². The van der Waals surface area contributed by atoms with Crippen molar-refractivity contribution in [2.45, 2.75) is 33.8 Å². The van der Waals surface area contributed by atoms with Crippen molar-refractivity contribution in [1.29, 1.82) is 0 Å². The van der Waals surface area contributed by atoms with E-state index in [4.69, 9.17) is 4.74 Å². The van der Waals surface area contributed by atoms with E-state index in [0.29, 0.717) is 5.88 Å². The van der Waals surface area contributed by atoms with E-state index < -0.39 is 6.10 Å². The minimum absolute atomic E-state index is 0.224.